The van der Waals surface area contributed by atoms with E-state index in [1.807, 2.05) is 11.6 Å². The molecule has 1 aliphatic heterocycles. The van der Waals surface area contributed by atoms with Gasteiger partial charge >= 0.3 is 0 Å². The zero-order valence-corrected chi connectivity index (χ0v) is 7.54. The number of hydrogen-bond donors (Lipinski definition) is 1. The molecule has 0 unspecified atom stereocenters. The Bertz CT molecular complexity index is 302. The van der Waals surface area contributed by atoms with Crippen LogP contribution in [0.2, 0.25) is 0 Å². The van der Waals surface area contributed by atoms with Crippen LogP contribution in [0, 0.1) is 6.92 Å². The topological polar surface area (TPSA) is 47.1 Å². The summed E-state index contributed by atoms with van der Waals surface area (Å²) in [5, 5.41) is 4.35. The summed E-state index contributed by atoms with van der Waals surface area (Å²) in [6, 6.07) is 0. The van der Waals surface area contributed by atoms with Crippen molar-refractivity contribution in [1.82, 2.24) is 9.78 Å². The van der Waals surface area contributed by atoms with Crippen molar-refractivity contribution in [3.8, 4) is 0 Å². The first kappa shape index (κ1) is 7.46. The molecule has 0 aromatic carbocycles. The molecule has 2 rings (SSSR count). The number of aromatic nitrogens is 2. The normalized spacial score (nSPS) is 16.3. The lowest BCUT2D eigenvalue weighted by Crippen LogP contribution is -2.28. The van der Waals surface area contributed by atoms with E-state index < -0.39 is 0 Å². The monoisotopic (exact) mass is 166 g/mol. The lowest BCUT2D eigenvalue weighted by Gasteiger charge is -2.25. The first-order valence-corrected chi connectivity index (χ1v) is 4.24. The van der Waals surface area contributed by atoms with Crippen LogP contribution in [0.15, 0.2) is 0 Å². The van der Waals surface area contributed by atoms with Gasteiger partial charge in [-0.25, -0.2) is 4.68 Å². The van der Waals surface area contributed by atoms with E-state index in [1.165, 1.54) is 0 Å². The van der Waals surface area contributed by atoms with Crippen LogP contribution < -0.4 is 10.6 Å². The minimum Gasteiger partial charge on any atom is -0.394 e. The third kappa shape index (κ3) is 0.873. The number of hydrogen-bond acceptors (Lipinski definition) is 3. The first-order chi connectivity index (χ1) is 5.70. The van der Waals surface area contributed by atoms with Crippen LogP contribution in [0.5, 0.6) is 0 Å². The van der Waals surface area contributed by atoms with Gasteiger partial charge in [0.05, 0.1) is 11.4 Å². The molecule has 0 fully saturated rings. The molecule has 0 amide bonds. The Balaban J connectivity index is 2.54. The highest BCUT2D eigenvalue weighted by Gasteiger charge is 2.19. The van der Waals surface area contributed by atoms with Crippen molar-refractivity contribution >= 4 is 11.5 Å². The van der Waals surface area contributed by atoms with E-state index in [4.69, 9.17) is 5.73 Å². The Labute approximate surface area is 72.0 Å². The summed E-state index contributed by atoms with van der Waals surface area (Å²) in [6.45, 7) is 4.03. The van der Waals surface area contributed by atoms with Crippen LogP contribution in [0.3, 0.4) is 0 Å². The number of anilines is 2. The second-order valence-corrected chi connectivity index (χ2v) is 3.32. The largest absolute Gasteiger partial charge is 0.394 e. The van der Waals surface area contributed by atoms with Crippen LogP contribution >= 0.6 is 0 Å². The number of aryl methyl sites for hydroxylation is 2. The Hall–Kier alpha value is -1.19. The number of nitrogens with two attached hydrogens (primary N) is 1. The van der Waals surface area contributed by atoms with Crippen LogP contribution in [0.25, 0.3) is 0 Å². The van der Waals surface area contributed by atoms with E-state index in [1.54, 1.807) is 0 Å². The van der Waals surface area contributed by atoms with Crippen LogP contribution in [0.1, 0.15) is 12.1 Å². The molecule has 2 heterocycles. The lowest BCUT2D eigenvalue weighted by molar-refractivity contribution is 0.531. The molecule has 66 valence electrons. The second kappa shape index (κ2) is 2.40. The van der Waals surface area contributed by atoms with Gasteiger partial charge in [0.1, 0.15) is 5.82 Å². The van der Waals surface area contributed by atoms with Gasteiger partial charge in [-0.15, -0.1) is 0 Å². The second-order valence-electron chi connectivity index (χ2n) is 3.32. The van der Waals surface area contributed by atoms with E-state index >= 15 is 0 Å². The number of fused-ring (bicyclic) bond motifs is 1. The van der Waals surface area contributed by atoms with Gasteiger partial charge in [0, 0.05) is 20.1 Å². The average Bonchev–Trinajstić information content (AvgIpc) is 2.29. The van der Waals surface area contributed by atoms with Gasteiger partial charge in [-0.2, -0.15) is 5.10 Å². The zero-order chi connectivity index (χ0) is 8.72. The Morgan fingerprint density at radius 1 is 1.42 bits per heavy atom. The molecule has 4 nitrogen and oxygen atoms in total. The molecule has 0 saturated carbocycles. The van der Waals surface area contributed by atoms with Crippen molar-refractivity contribution < 1.29 is 0 Å². The molecule has 4 heteroatoms. The number of nitrogens with zero attached hydrogens (tertiary/aromatic N) is 3. The average molecular weight is 166 g/mol. The van der Waals surface area contributed by atoms with Crippen molar-refractivity contribution in [2.75, 3.05) is 24.2 Å². The van der Waals surface area contributed by atoms with Gasteiger partial charge < -0.3 is 10.6 Å². The van der Waals surface area contributed by atoms with Gasteiger partial charge in [-0.05, 0) is 13.3 Å². The highest BCUT2D eigenvalue weighted by Crippen LogP contribution is 2.28. The number of nitrogen functional groups attached to an aromatic ring is 1. The molecular weight excluding hydrogens is 152 g/mol. The predicted octanol–water partition coefficient (Wildman–Crippen LogP) is 0.614. The van der Waals surface area contributed by atoms with Crippen molar-refractivity contribution in [2.45, 2.75) is 19.9 Å². The minimum atomic E-state index is 0.831. The molecular formula is C8H14N4. The van der Waals surface area contributed by atoms with E-state index in [9.17, 15) is 0 Å². The highest BCUT2D eigenvalue weighted by atomic mass is 15.4. The minimum absolute atomic E-state index is 0.831. The molecule has 0 radical (unpaired) electrons. The van der Waals surface area contributed by atoms with E-state index in [2.05, 4.69) is 17.0 Å². The Kier molecular flexibility index (Phi) is 1.49. The van der Waals surface area contributed by atoms with Crippen LogP contribution in [-0.2, 0) is 6.54 Å². The fourth-order valence-corrected chi connectivity index (χ4v) is 1.71. The quantitative estimate of drug-likeness (QED) is 0.614. The smallest absolute Gasteiger partial charge is 0.150 e. The summed E-state index contributed by atoms with van der Waals surface area (Å²) in [7, 11) is 2.06. The third-order valence-electron chi connectivity index (χ3n) is 2.37. The van der Waals surface area contributed by atoms with Gasteiger partial charge in [0.15, 0.2) is 0 Å². The summed E-state index contributed by atoms with van der Waals surface area (Å²) in [5.74, 6) is 1.08. The predicted molar refractivity (Wildman–Crippen MR) is 49.3 cm³/mol. The van der Waals surface area contributed by atoms with Gasteiger partial charge in [0.2, 0.25) is 0 Å². The van der Waals surface area contributed by atoms with Crippen molar-refractivity contribution in [1.29, 1.82) is 0 Å². The van der Waals surface area contributed by atoms with Crippen molar-refractivity contribution in [3.63, 3.8) is 0 Å². The van der Waals surface area contributed by atoms with E-state index in [0.29, 0.717) is 0 Å². The molecule has 2 N–H and O–H groups in total. The molecule has 1 aromatic heterocycles. The maximum atomic E-state index is 5.89. The lowest BCUT2D eigenvalue weighted by atomic mass is 10.3. The summed E-state index contributed by atoms with van der Waals surface area (Å²) >= 11 is 0. The van der Waals surface area contributed by atoms with Crippen molar-refractivity contribution in [2.24, 2.45) is 0 Å². The summed E-state index contributed by atoms with van der Waals surface area (Å²) in [4.78, 5) is 2.17. The molecule has 1 aliphatic rings. The first-order valence-electron chi connectivity index (χ1n) is 4.24. The molecule has 12 heavy (non-hydrogen) atoms. The van der Waals surface area contributed by atoms with Gasteiger partial charge in [-0.1, -0.05) is 0 Å². The fraction of sp³-hybridized carbons (Fsp3) is 0.625. The fourth-order valence-electron chi connectivity index (χ4n) is 1.71. The van der Waals surface area contributed by atoms with Crippen LogP contribution in [-0.4, -0.2) is 23.4 Å². The maximum Gasteiger partial charge on any atom is 0.150 e. The standard InChI is InChI=1S/C8H14N4/c1-6-7(9)8-11(2)4-3-5-12(8)10-6/h3-5,9H2,1-2H3. The SMILES string of the molecule is Cc1nn2c(c1N)N(C)CCC2. The van der Waals surface area contributed by atoms with E-state index in [0.717, 1.165) is 36.7 Å². The molecule has 1 aromatic rings. The molecule has 0 spiro atoms. The molecule has 0 saturated heterocycles. The maximum absolute atomic E-state index is 5.89. The zero-order valence-electron chi connectivity index (χ0n) is 7.54. The number of rotatable bonds is 0. The van der Waals surface area contributed by atoms with Crippen LogP contribution in [0.4, 0.5) is 11.5 Å². The third-order valence-corrected chi connectivity index (χ3v) is 2.37. The van der Waals surface area contributed by atoms with Gasteiger partial charge in [-0.3, -0.25) is 0 Å². The molecule has 0 bridgehead atoms. The summed E-state index contributed by atoms with van der Waals surface area (Å²) in [6.07, 6.45) is 1.16. The summed E-state index contributed by atoms with van der Waals surface area (Å²) < 4.78 is 1.99. The molecule has 0 aliphatic carbocycles. The van der Waals surface area contributed by atoms with Gasteiger partial charge in [0.25, 0.3) is 0 Å². The van der Waals surface area contributed by atoms with E-state index in [-0.39, 0.29) is 0 Å². The molecule has 0 atom stereocenters. The highest BCUT2D eigenvalue weighted by molar-refractivity contribution is 5.66. The Morgan fingerprint density at radius 3 is 2.83 bits per heavy atom. The Morgan fingerprint density at radius 2 is 2.17 bits per heavy atom. The summed E-state index contributed by atoms with van der Waals surface area (Å²) in [5.41, 5.74) is 7.66. The van der Waals surface area contributed by atoms with Crippen molar-refractivity contribution in [3.05, 3.63) is 5.69 Å².